The third kappa shape index (κ3) is 2.69. The van der Waals surface area contributed by atoms with Gasteiger partial charge in [-0.25, -0.2) is 9.97 Å². The molecule has 2 N–H and O–H groups in total. The number of nitrogens with zero attached hydrogens (tertiary/aromatic N) is 4. The van der Waals surface area contributed by atoms with Gasteiger partial charge in [0.15, 0.2) is 11.0 Å². The Kier molecular flexibility index (Phi) is 3.04. The fourth-order valence-electron chi connectivity index (χ4n) is 1.16. The van der Waals surface area contributed by atoms with E-state index >= 15 is 0 Å². The zero-order valence-corrected chi connectivity index (χ0v) is 9.78. The summed E-state index contributed by atoms with van der Waals surface area (Å²) in [6.07, 6.45) is 0. The summed E-state index contributed by atoms with van der Waals surface area (Å²) in [5, 5.41) is 4.41. The number of aryl methyl sites for hydroxylation is 2. The molecule has 0 aromatic carbocycles. The van der Waals surface area contributed by atoms with Gasteiger partial charge < -0.3 is 10.3 Å². The summed E-state index contributed by atoms with van der Waals surface area (Å²) >= 11 is 1.43. The molecule has 0 aliphatic rings. The molecule has 2 heterocycles. The Morgan fingerprint density at radius 2 is 2.12 bits per heavy atom. The van der Waals surface area contributed by atoms with Crippen LogP contribution in [0.3, 0.4) is 0 Å². The Morgan fingerprint density at radius 3 is 2.75 bits per heavy atom. The van der Waals surface area contributed by atoms with Crippen LogP contribution in [0.15, 0.2) is 15.7 Å². The van der Waals surface area contributed by atoms with Crippen molar-refractivity contribution in [3.63, 3.8) is 0 Å². The van der Waals surface area contributed by atoms with Crippen LogP contribution in [0.5, 0.6) is 0 Å². The number of anilines is 1. The first-order chi connectivity index (χ1) is 7.63. The van der Waals surface area contributed by atoms with E-state index < -0.39 is 0 Å². The molecule has 0 fully saturated rings. The SMILES string of the molecule is Cc1cc(N)nc(SCc2noc(C)n2)n1. The smallest absolute Gasteiger partial charge is 0.223 e. The van der Waals surface area contributed by atoms with E-state index in [1.54, 1.807) is 13.0 Å². The molecular formula is C9H11N5OS. The van der Waals surface area contributed by atoms with Gasteiger partial charge in [0.25, 0.3) is 0 Å². The van der Waals surface area contributed by atoms with Crippen LogP contribution in [0.2, 0.25) is 0 Å². The lowest BCUT2D eigenvalue weighted by Gasteiger charge is -2.00. The average molecular weight is 237 g/mol. The molecule has 0 aliphatic carbocycles. The van der Waals surface area contributed by atoms with Crippen LogP contribution in [-0.4, -0.2) is 20.1 Å². The topological polar surface area (TPSA) is 90.7 Å². The van der Waals surface area contributed by atoms with Gasteiger partial charge in [-0.2, -0.15) is 4.98 Å². The zero-order valence-electron chi connectivity index (χ0n) is 8.97. The number of aromatic nitrogens is 4. The third-order valence-corrected chi connectivity index (χ3v) is 2.60. The van der Waals surface area contributed by atoms with Crippen LogP contribution in [0.4, 0.5) is 5.82 Å². The van der Waals surface area contributed by atoms with Crippen molar-refractivity contribution in [1.82, 2.24) is 20.1 Å². The van der Waals surface area contributed by atoms with E-state index in [0.717, 1.165) is 5.69 Å². The number of hydrogen-bond acceptors (Lipinski definition) is 7. The minimum absolute atomic E-state index is 0.472. The number of nitrogen functional groups attached to an aromatic ring is 1. The van der Waals surface area contributed by atoms with Crippen LogP contribution in [0.1, 0.15) is 17.4 Å². The van der Waals surface area contributed by atoms with Crippen molar-refractivity contribution in [2.75, 3.05) is 5.73 Å². The lowest BCUT2D eigenvalue weighted by molar-refractivity contribution is 0.389. The molecule has 0 unspecified atom stereocenters. The van der Waals surface area contributed by atoms with Gasteiger partial charge in [0, 0.05) is 18.7 Å². The second-order valence-corrected chi connectivity index (χ2v) is 4.18. The van der Waals surface area contributed by atoms with Gasteiger partial charge in [-0.1, -0.05) is 16.9 Å². The average Bonchev–Trinajstić information content (AvgIpc) is 2.60. The van der Waals surface area contributed by atoms with Crippen molar-refractivity contribution in [1.29, 1.82) is 0 Å². The quantitative estimate of drug-likeness (QED) is 0.636. The largest absolute Gasteiger partial charge is 0.384 e. The number of rotatable bonds is 3. The minimum atomic E-state index is 0.472. The monoisotopic (exact) mass is 237 g/mol. The van der Waals surface area contributed by atoms with Crippen LogP contribution in [0, 0.1) is 13.8 Å². The van der Waals surface area contributed by atoms with Crippen molar-refractivity contribution in [3.05, 3.63) is 23.5 Å². The summed E-state index contributed by atoms with van der Waals surface area (Å²) < 4.78 is 4.86. The van der Waals surface area contributed by atoms with Crippen molar-refractivity contribution < 1.29 is 4.52 Å². The van der Waals surface area contributed by atoms with E-state index in [4.69, 9.17) is 10.3 Å². The molecule has 16 heavy (non-hydrogen) atoms. The maximum Gasteiger partial charge on any atom is 0.223 e. The predicted molar refractivity (Wildman–Crippen MR) is 59.8 cm³/mol. The molecule has 0 saturated carbocycles. The highest BCUT2D eigenvalue weighted by Gasteiger charge is 2.06. The molecule has 0 spiro atoms. The first-order valence-corrected chi connectivity index (χ1v) is 5.65. The molecule has 0 aliphatic heterocycles. The van der Waals surface area contributed by atoms with Crippen molar-refractivity contribution in [2.24, 2.45) is 0 Å². The highest BCUT2D eigenvalue weighted by molar-refractivity contribution is 7.98. The number of hydrogen-bond donors (Lipinski definition) is 1. The summed E-state index contributed by atoms with van der Waals surface area (Å²) in [6.45, 7) is 3.63. The molecule has 2 aromatic heterocycles. The second kappa shape index (κ2) is 4.48. The molecule has 2 rings (SSSR count). The maximum absolute atomic E-state index is 5.62. The summed E-state index contributed by atoms with van der Waals surface area (Å²) in [6, 6.07) is 1.72. The van der Waals surface area contributed by atoms with Gasteiger partial charge in [-0.15, -0.1) is 0 Å². The highest BCUT2D eigenvalue weighted by Crippen LogP contribution is 2.18. The molecular weight excluding hydrogens is 226 g/mol. The predicted octanol–water partition coefficient (Wildman–Crippen LogP) is 1.35. The van der Waals surface area contributed by atoms with Gasteiger partial charge in [0.1, 0.15) is 5.82 Å². The number of thioether (sulfide) groups is 1. The summed E-state index contributed by atoms with van der Waals surface area (Å²) in [5.41, 5.74) is 6.46. The summed E-state index contributed by atoms with van der Waals surface area (Å²) in [7, 11) is 0. The van der Waals surface area contributed by atoms with Crippen LogP contribution in [-0.2, 0) is 5.75 Å². The van der Waals surface area contributed by atoms with Gasteiger partial charge in [-0.05, 0) is 6.92 Å². The van der Waals surface area contributed by atoms with Crippen LogP contribution < -0.4 is 5.73 Å². The number of nitrogens with two attached hydrogens (primary N) is 1. The molecule has 0 amide bonds. The molecule has 0 saturated heterocycles. The van der Waals surface area contributed by atoms with E-state index in [1.165, 1.54) is 11.8 Å². The van der Waals surface area contributed by atoms with Crippen molar-refractivity contribution in [2.45, 2.75) is 24.8 Å². The first kappa shape index (κ1) is 10.9. The Hall–Kier alpha value is -1.63. The molecule has 0 bridgehead atoms. The highest BCUT2D eigenvalue weighted by atomic mass is 32.2. The van der Waals surface area contributed by atoms with E-state index in [0.29, 0.717) is 28.4 Å². The molecule has 7 heteroatoms. The van der Waals surface area contributed by atoms with Crippen molar-refractivity contribution >= 4 is 17.6 Å². The fourth-order valence-corrected chi connectivity index (χ4v) is 1.91. The first-order valence-electron chi connectivity index (χ1n) is 4.66. The third-order valence-electron chi connectivity index (χ3n) is 1.75. The minimum Gasteiger partial charge on any atom is -0.384 e. The molecule has 2 aromatic rings. The summed E-state index contributed by atoms with van der Waals surface area (Å²) in [5.74, 6) is 2.23. The second-order valence-electron chi connectivity index (χ2n) is 3.24. The van der Waals surface area contributed by atoms with Crippen LogP contribution in [0.25, 0.3) is 0 Å². The van der Waals surface area contributed by atoms with E-state index in [2.05, 4.69) is 20.1 Å². The van der Waals surface area contributed by atoms with Crippen LogP contribution >= 0.6 is 11.8 Å². The van der Waals surface area contributed by atoms with E-state index in [1.807, 2.05) is 6.92 Å². The maximum atomic E-state index is 5.62. The molecule has 6 nitrogen and oxygen atoms in total. The van der Waals surface area contributed by atoms with Crippen molar-refractivity contribution in [3.8, 4) is 0 Å². The fraction of sp³-hybridized carbons (Fsp3) is 0.333. The Morgan fingerprint density at radius 1 is 1.31 bits per heavy atom. The zero-order chi connectivity index (χ0) is 11.5. The standard InChI is InChI=1S/C9H11N5OS/c1-5-3-7(10)13-9(11-5)16-4-8-12-6(2)15-14-8/h3H,4H2,1-2H3,(H2,10,11,13). The lowest BCUT2D eigenvalue weighted by Crippen LogP contribution is -1.97. The van der Waals surface area contributed by atoms with Gasteiger partial charge >= 0.3 is 0 Å². The Balaban J connectivity index is 2.04. The molecule has 0 radical (unpaired) electrons. The normalized spacial score (nSPS) is 10.6. The van der Waals surface area contributed by atoms with E-state index in [9.17, 15) is 0 Å². The van der Waals surface area contributed by atoms with Gasteiger partial charge in [-0.3, -0.25) is 0 Å². The van der Waals surface area contributed by atoms with Gasteiger partial charge in [0.05, 0.1) is 5.75 Å². The Labute approximate surface area is 96.7 Å². The summed E-state index contributed by atoms with van der Waals surface area (Å²) in [4.78, 5) is 12.4. The molecule has 0 atom stereocenters. The molecule has 84 valence electrons. The van der Waals surface area contributed by atoms with E-state index in [-0.39, 0.29) is 0 Å². The lowest BCUT2D eigenvalue weighted by atomic mass is 10.4. The Bertz CT molecular complexity index is 478. The van der Waals surface area contributed by atoms with Gasteiger partial charge in [0.2, 0.25) is 5.89 Å².